The van der Waals surface area contributed by atoms with E-state index >= 15 is 0 Å². The minimum absolute atomic E-state index is 0.0234. The lowest BCUT2D eigenvalue weighted by atomic mass is 9.90. The van der Waals surface area contributed by atoms with E-state index in [2.05, 4.69) is 4.72 Å². The summed E-state index contributed by atoms with van der Waals surface area (Å²) in [7, 11) is -3.34. The normalized spacial score (nSPS) is 29.0. The maximum Gasteiger partial charge on any atom is 0.216 e. The Balaban J connectivity index is 1.63. The number of ether oxygens (including phenoxy) is 2. The van der Waals surface area contributed by atoms with Gasteiger partial charge in [0.1, 0.15) is 0 Å². The fourth-order valence-electron chi connectivity index (χ4n) is 3.31. The molecule has 22 heavy (non-hydrogen) atoms. The van der Waals surface area contributed by atoms with Gasteiger partial charge in [0.2, 0.25) is 10.0 Å². The summed E-state index contributed by atoms with van der Waals surface area (Å²) in [6.07, 6.45) is 2.26. The predicted octanol–water partition coefficient (Wildman–Crippen LogP) is 1.75. The first kappa shape index (κ1) is 15.9. The predicted molar refractivity (Wildman–Crippen MR) is 84.1 cm³/mol. The molecule has 0 bridgehead atoms. The first-order valence-corrected chi connectivity index (χ1v) is 9.39. The number of rotatable bonds is 4. The van der Waals surface area contributed by atoms with Gasteiger partial charge in [0.15, 0.2) is 0 Å². The van der Waals surface area contributed by atoms with Gasteiger partial charge in [-0.3, -0.25) is 0 Å². The van der Waals surface area contributed by atoms with Crippen molar-refractivity contribution >= 4 is 10.0 Å². The lowest BCUT2D eigenvalue weighted by Gasteiger charge is -2.37. The van der Waals surface area contributed by atoms with Gasteiger partial charge in [-0.05, 0) is 25.3 Å². The van der Waals surface area contributed by atoms with E-state index in [1.165, 1.54) is 0 Å². The van der Waals surface area contributed by atoms with Gasteiger partial charge in [0, 0.05) is 25.7 Å². The van der Waals surface area contributed by atoms with Crippen LogP contribution in [0.1, 0.15) is 30.4 Å². The molecule has 2 aliphatic rings. The van der Waals surface area contributed by atoms with E-state index in [0.29, 0.717) is 26.2 Å². The average Bonchev–Trinajstić information content (AvgIpc) is 2.85. The Morgan fingerprint density at radius 3 is 2.95 bits per heavy atom. The largest absolute Gasteiger partial charge is 0.378 e. The molecule has 0 saturated carbocycles. The molecule has 2 heterocycles. The van der Waals surface area contributed by atoms with E-state index in [0.717, 1.165) is 24.0 Å². The summed E-state index contributed by atoms with van der Waals surface area (Å²) in [6.45, 7) is 3.82. The SMILES string of the molecule is Cc1cccc(CS(=O)(=O)NC2CCOC3(CCOC3)C2)c1. The molecule has 122 valence electrons. The molecule has 5 nitrogen and oxygen atoms in total. The highest BCUT2D eigenvalue weighted by atomic mass is 32.2. The van der Waals surface area contributed by atoms with Crippen molar-refractivity contribution in [2.24, 2.45) is 0 Å². The fraction of sp³-hybridized carbons (Fsp3) is 0.625. The molecule has 1 spiro atoms. The van der Waals surface area contributed by atoms with Crippen LogP contribution >= 0.6 is 0 Å². The van der Waals surface area contributed by atoms with E-state index in [9.17, 15) is 8.42 Å². The standard InChI is InChI=1S/C16H23NO4S/c1-13-3-2-4-14(9-13)11-22(18,19)17-15-5-7-21-16(10-15)6-8-20-12-16/h2-4,9,15,17H,5-8,10-12H2,1H3. The van der Waals surface area contributed by atoms with Crippen LogP contribution in [0.25, 0.3) is 0 Å². The number of hydrogen-bond acceptors (Lipinski definition) is 4. The third-order valence-corrected chi connectivity index (χ3v) is 5.75. The van der Waals surface area contributed by atoms with Gasteiger partial charge in [-0.1, -0.05) is 29.8 Å². The molecule has 0 aromatic heterocycles. The van der Waals surface area contributed by atoms with Gasteiger partial charge in [-0.2, -0.15) is 0 Å². The summed E-state index contributed by atoms with van der Waals surface area (Å²) in [5.74, 6) is 0.0234. The van der Waals surface area contributed by atoms with Gasteiger partial charge in [0.25, 0.3) is 0 Å². The molecule has 2 unspecified atom stereocenters. The molecule has 0 aliphatic carbocycles. The van der Waals surface area contributed by atoms with Crippen LogP contribution < -0.4 is 4.72 Å². The topological polar surface area (TPSA) is 64.6 Å². The number of benzene rings is 1. The van der Waals surface area contributed by atoms with E-state index < -0.39 is 10.0 Å². The lowest BCUT2D eigenvalue weighted by Crippen LogP contribution is -2.49. The molecule has 1 N–H and O–H groups in total. The van der Waals surface area contributed by atoms with Gasteiger partial charge in [-0.15, -0.1) is 0 Å². The van der Waals surface area contributed by atoms with Crippen LogP contribution in [0.5, 0.6) is 0 Å². The van der Waals surface area contributed by atoms with Crippen LogP contribution in [0.2, 0.25) is 0 Å². The van der Waals surface area contributed by atoms with Gasteiger partial charge in [0.05, 0.1) is 18.0 Å². The first-order chi connectivity index (χ1) is 10.5. The molecule has 6 heteroatoms. The molecular weight excluding hydrogens is 302 g/mol. The molecule has 2 saturated heterocycles. The highest BCUT2D eigenvalue weighted by molar-refractivity contribution is 7.88. The van der Waals surface area contributed by atoms with Crippen molar-refractivity contribution in [3.05, 3.63) is 35.4 Å². The van der Waals surface area contributed by atoms with Gasteiger partial charge < -0.3 is 9.47 Å². The minimum Gasteiger partial charge on any atom is -0.378 e. The smallest absolute Gasteiger partial charge is 0.216 e. The number of nitrogens with one attached hydrogen (secondary N) is 1. The lowest BCUT2D eigenvalue weighted by molar-refractivity contribution is -0.0868. The van der Waals surface area contributed by atoms with E-state index in [4.69, 9.17) is 9.47 Å². The number of hydrogen-bond donors (Lipinski definition) is 1. The van der Waals surface area contributed by atoms with Crippen molar-refractivity contribution in [1.82, 2.24) is 4.72 Å². The van der Waals surface area contributed by atoms with Crippen molar-refractivity contribution in [3.8, 4) is 0 Å². The van der Waals surface area contributed by atoms with Gasteiger partial charge in [-0.25, -0.2) is 13.1 Å². The zero-order valence-corrected chi connectivity index (χ0v) is 13.7. The van der Waals surface area contributed by atoms with Crippen molar-refractivity contribution in [2.75, 3.05) is 19.8 Å². The summed E-state index contributed by atoms with van der Waals surface area (Å²) in [6, 6.07) is 7.55. The van der Waals surface area contributed by atoms with Crippen molar-refractivity contribution in [3.63, 3.8) is 0 Å². The molecule has 3 rings (SSSR count). The molecule has 2 aliphatic heterocycles. The third kappa shape index (κ3) is 3.87. The summed E-state index contributed by atoms with van der Waals surface area (Å²) in [4.78, 5) is 0. The van der Waals surface area contributed by atoms with E-state index in [1.807, 2.05) is 31.2 Å². The molecule has 2 fully saturated rings. The second-order valence-corrected chi connectivity index (χ2v) is 8.14. The summed E-state index contributed by atoms with van der Waals surface area (Å²) in [5.41, 5.74) is 1.61. The Morgan fingerprint density at radius 1 is 1.36 bits per heavy atom. The monoisotopic (exact) mass is 325 g/mol. The highest BCUT2D eigenvalue weighted by Crippen LogP contribution is 2.33. The van der Waals surface area contributed by atoms with Crippen molar-refractivity contribution < 1.29 is 17.9 Å². The second-order valence-electron chi connectivity index (χ2n) is 6.39. The maximum absolute atomic E-state index is 12.4. The average molecular weight is 325 g/mol. The van der Waals surface area contributed by atoms with Gasteiger partial charge >= 0.3 is 0 Å². The molecule has 0 amide bonds. The Labute approximate surface area is 132 Å². The van der Waals surface area contributed by atoms with Crippen LogP contribution in [0, 0.1) is 6.92 Å². The molecule has 1 aromatic carbocycles. The Kier molecular flexibility index (Phi) is 4.54. The minimum atomic E-state index is -3.34. The van der Waals surface area contributed by atoms with Crippen LogP contribution in [0.3, 0.4) is 0 Å². The summed E-state index contributed by atoms with van der Waals surface area (Å²) >= 11 is 0. The summed E-state index contributed by atoms with van der Waals surface area (Å²) < 4.78 is 38.9. The molecule has 2 atom stereocenters. The Morgan fingerprint density at radius 2 is 2.23 bits per heavy atom. The Bertz CT molecular complexity index is 623. The molecule has 0 radical (unpaired) electrons. The van der Waals surface area contributed by atoms with Crippen LogP contribution in [0.4, 0.5) is 0 Å². The summed E-state index contributed by atoms with van der Waals surface area (Å²) in [5, 5.41) is 0. The van der Waals surface area contributed by atoms with E-state index in [1.54, 1.807) is 0 Å². The number of sulfonamides is 1. The zero-order valence-electron chi connectivity index (χ0n) is 12.9. The molecule has 1 aromatic rings. The van der Waals surface area contributed by atoms with Crippen LogP contribution in [-0.2, 0) is 25.2 Å². The fourth-order valence-corrected chi connectivity index (χ4v) is 4.72. The quantitative estimate of drug-likeness (QED) is 0.916. The third-order valence-electron chi connectivity index (χ3n) is 4.35. The highest BCUT2D eigenvalue weighted by Gasteiger charge is 2.41. The van der Waals surface area contributed by atoms with Crippen molar-refractivity contribution in [2.45, 2.75) is 43.6 Å². The zero-order chi connectivity index (χ0) is 15.6. The first-order valence-electron chi connectivity index (χ1n) is 7.74. The van der Waals surface area contributed by atoms with Crippen LogP contribution in [-0.4, -0.2) is 39.9 Å². The van der Waals surface area contributed by atoms with E-state index in [-0.39, 0.29) is 17.4 Å². The second kappa shape index (κ2) is 6.28. The molecular formula is C16H23NO4S. The van der Waals surface area contributed by atoms with Crippen molar-refractivity contribution in [1.29, 1.82) is 0 Å². The van der Waals surface area contributed by atoms with Crippen LogP contribution in [0.15, 0.2) is 24.3 Å². The number of aryl methyl sites for hydroxylation is 1. The maximum atomic E-state index is 12.4. The Hall–Kier alpha value is -0.950.